The van der Waals surface area contributed by atoms with Crippen LogP contribution in [0, 0.1) is 0 Å². The molecule has 0 bridgehead atoms. The lowest BCUT2D eigenvalue weighted by atomic mass is 10.5. The van der Waals surface area contributed by atoms with Crippen molar-refractivity contribution in [3.05, 3.63) is 0 Å². The smallest absolute Gasteiger partial charge is 0.109 e. The molecule has 0 radical (unpaired) electrons. The quantitative estimate of drug-likeness (QED) is 0.330. The summed E-state index contributed by atoms with van der Waals surface area (Å²) in [5.41, 5.74) is 0. The molecule has 0 rings (SSSR count). The van der Waals surface area contributed by atoms with E-state index in [1.165, 1.54) is 7.05 Å². The van der Waals surface area contributed by atoms with Crippen LogP contribution in [0.15, 0.2) is 0 Å². The van der Waals surface area contributed by atoms with Gasteiger partial charge in [0.25, 0.3) is 0 Å². The van der Waals surface area contributed by atoms with E-state index in [0.717, 1.165) is 10.7 Å². The number of hydrogen-bond donors (Lipinski definition) is 0. The van der Waals surface area contributed by atoms with Crippen LogP contribution >= 0.6 is 0 Å². The van der Waals surface area contributed by atoms with E-state index in [4.69, 9.17) is 4.74 Å². The van der Waals surface area contributed by atoms with Crippen LogP contribution in [-0.2, 0) is 16.0 Å². The summed E-state index contributed by atoms with van der Waals surface area (Å²) >= 11 is -2.16. The van der Waals surface area contributed by atoms with E-state index in [1.807, 2.05) is 6.92 Å². The number of nitrogens with zero attached hydrogens (tertiary/aromatic N) is 1. The van der Waals surface area contributed by atoms with Crippen molar-refractivity contribution in [2.24, 2.45) is 0 Å². The predicted molar refractivity (Wildman–Crippen MR) is 37.8 cm³/mol. The van der Waals surface area contributed by atoms with Gasteiger partial charge in [-0.25, -0.2) is 4.31 Å². The van der Waals surface area contributed by atoms with Crippen molar-refractivity contribution >= 4 is 11.3 Å². The predicted octanol–water partition coefficient (Wildman–Crippen LogP) is 0.0964. The van der Waals surface area contributed by atoms with Gasteiger partial charge in [0.15, 0.2) is 0 Å². The van der Waals surface area contributed by atoms with E-state index in [1.54, 1.807) is 0 Å². The van der Waals surface area contributed by atoms with Gasteiger partial charge in [-0.05, 0) is 6.42 Å². The maximum Gasteiger partial charge on any atom is 0.109 e. The fraction of sp³-hybridized carbons (Fsp3) is 1.00. The molecule has 0 saturated heterocycles. The Kier molecular flexibility index (Phi) is 5.81. The molecule has 0 aliphatic rings. The van der Waals surface area contributed by atoms with Crippen molar-refractivity contribution in [2.45, 2.75) is 13.3 Å². The Balaban J connectivity index is 3.21. The maximum atomic E-state index is 10.1. The second-order valence-electron chi connectivity index (χ2n) is 1.88. The molecule has 0 fully saturated rings. The lowest BCUT2D eigenvalue weighted by Gasteiger charge is -2.17. The zero-order valence-corrected chi connectivity index (χ0v) is 7.02. The molecular formula is C5H12NO3S-. The Morgan fingerprint density at radius 3 is 2.70 bits per heavy atom. The van der Waals surface area contributed by atoms with Crippen LogP contribution in [0.4, 0.5) is 0 Å². The lowest BCUT2D eigenvalue weighted by molar-refractivity contribution is 0.0807. The number of ether oxygens (including phenoxy) is 1. The molecular weight excluding hydrogens is 154 g/mol. The van der Waals surface area contributed by atoms with Crippen molar-refractivity contribution in [1.29, 1.82) is 0 Å². The minimum absolute atomic E-state index is 0.143. The van der Waals surface area contributed by atoms with E-state index >= 15 is 0 Å². The normalized spacial score (nSPS) is 14.0. The first-order valence-corrected chi connectivity index (χ1v) is 4.10. The molecule has 62 valence electrons. The Hall–Kier alpha value is 0.0300. The Morgan fingerprint density at radius 1 is 1.70 bits per heavy atom. The summed E-state index contributed by atoms with van der Waals surface area (Å²) in [4.78, 5) is 0. The second-order valence-corrected chi connectivity index (χ2v) is 2.94. The van der Waals surface area contributed by atoms with Gasteiger partial charge in [-0.3, -0.25) is 4.21 Å². The molecule has 0 saturated carbocycles. The van der Waals surface area contributed by atoms with Crippen LogP contribution in [0.5, 0.6) is 0 Å². The Bertz CT molecular complexity index is 109. The standard InChI is InChI=1S/C5H13NO3S/c1-3-4-9-5-6(2)10(7)8/h3-5H2,1-2H3,(H,7,8)/p-1. The van der Waals surface area contributed by atoms with Gasteiger partial charge in [0.1, 0.15) is 6.73 Å². The Morgan fingerprint density at radius 2 is 2.30 bits per heavy atom. The van der Waals surface area contributed by atoms with Gasteiger partial charge in [0.05, 0.1) is 0 Å². The van der Waals surface area contributed by atoms with Crippen LogP contribution < -0.4 is 0 Å². The first-order valence-electron chi connectivity index (χ1n) is 3.06. The fourth-order valence-corrected chi connectivity index (χ4v) is 0.541. The third kappa shape index (κ3) is 4.87. The van der Waals surface area contributed by atoms with Crippen LogP contribution in [0.1, 0.15) is 13.3 Å². The minimum atomic E-state index is -2.16. The summed E-state index contributed by atoms with van der Waals surface area (Å²) in [6.07, 6.45) is 0.902. The van der Waals surface area contributed by atoms with Gasteiger partial charge in [0, 0.05) is 24.9 Å². The Labute approximate surface area is 63.6 Å². The molecule has 0 spiro atoms. The molecule has 1 atom stereocenters. The van der Waals surface area contributed by atoms with Gasteiger partial charge in [0.2, 0.25) is 0 Å². The largest absolute Gasteiger partial charge is 0.760 e. The SMILES string of the molecule is CCCOCN(C)S(=O)[O-]. The molecule has 1 unspecified atom stereocenters. The van der Waals surface area contributed by atoms with Crippen LogP contribution in [-0.4, -0.2) is 33.5 Å². The highest BCUT2D eigenvalue weighted by atomic mass is 32.2. The van der Waals surface area contributed by atoms with Gasteiger partial charge in [-0.2, -0.15) is 0 Å². The monoisotopic (exact) mass is 166 g/mol. The van der Waals surface area contributed by atoms with Crippen LogP contribution in [0.2, 0.25) is 0 Å². The van der Waals surface area contributed by atoms with Crippen LogP contribution in [0.3, 0.4) is 0 Å². The molecule has 10 heavy (non-hydrogen) atoms. The highest BCUT2D eigenvalue weighted by Crippen LogP contribution is 1.87. The van der Waals surface area contributed by atoms with E-state index in [2.05, 4.69) is 0 Å². The van der Waals surface area contributed by atoms with E-state index in [9.17, 15) is 8.76 Å². The molecule has 0 aromatic rings. The average Bonchev–Trinajstić information content (AvgIpc) is 1.88. The van der Waals surface area contributed by atoms with Gasteiger partial charge >= 0.3 is 0 Å². The molecule has 0 aromatic heterocycles. The molecule has 4 nitrogen and oxygen atoms in total. The first kappa shape index (κ1) is 10.0. The third-order valence-electron chi connectivity index (χ3n) is 0.876. The molecule has 5 heteroatoms. The molecule has 0 aliphatic carbocycles. The highest BCUT2D eigenvalue weighted by Gasteiger charge is 1.94. The molecule has 0 aliphatic heterocycles. The lowest BCUT2D eigenvalue weighted by Crippen LogP contribution is -2.23. The average molecular weight is 166 g/mol. The molecule has 0 amide bonds. The minimum Gasteiger partial charge on any atom is -0.760 e. The number of hydrogen-bond acceptors (Lipinski definition) is 3. The first-order chi connectivity index (χ1) is 4.68. The summed E-state index contributed by atoms with van der Waals surface area (Å²) in [5, 5.41) is 0. The zero-order valence-electron chi connectivity index (χ0n) is 6.20. The van der Waals surface area contributed by atoms with Crippen molar-refractivity contribution in [1.82, 2.24) is 4.31 Å². The third-order valence-corrected chi connectivity index (χ3v) is 1.49. The summed E-state index contributed by atoms with van der Waals surface area (Å²) in [7, 11) is 1.46. The summed E-state index contributed by atoms with van der Waals surface area (Å²) in [6.45, 7) is 2.71. The highest BCUT2D eigenvalue weighted by molar-refractivity contribution is 7.76. The zero-order chi connectivity index (χ0) is 7.98. The molecule has 0 aromatic carbocycles. The van der Waals surface area contributed by atoms with E-state index < -0.39 is 11.3 Å². The topological polar surface area (TPSA) is 52.6 Å². The van der Waals surface area contributed by atoms with Gasteiger partial charge in [-0.15, -0.1) is 0 Å². The summed E-state index contributed by atoms with van der Waals surface area (Å²) in [5.74, 6) is 0. The molecule has 0 heterocycles. The van der Waals surface area contributed by atoms with Gasteiger partial charge in [-0.1, -0.05) is 6.92 Å². The summed E-state index contributed by atoms with van der Waals surface area (Å²) in [6, 6.07) is 0. The van der Waals surface area contributed by atoms with E-state index in [0.29, 0.717) is 6.61 Å². The van der Waals surface area contributed by atoms with Crippen molar-refractivity contribution in [3.8, 4) is 0 Å². The van der Waals surface area contributed by atoms with Crippen molar-refractivity contribution < 1.29 is 13.5 Å². The number of rotatable bonds is 5. The van der Waals surface area contributed by atoms with Crippen molar-refractivity contribution in [2.75, 3.05) is 20.4 Å². The van der Waals surface area contributed by atoms with Gasteiger partial charge < -0.3 is 9.29 Å². The summed E-state index contributed by atoms with van der Waals surface area (Å²) < 4.78 is 26.3. The molecule has 0 N–H and O–H groups in total. The maximum absolute atomic E-state index is 10.1. The van der Waals surface area contributed by atoms with E-state index in [-0.39, 0.29) is 6.73 Å². The van der Waals surface area contributed by atoms with Crippen molar-refractivity contribution in [3.63, 3.8) is 0 Å². The van der Waals surface area contributed by atoms with Crippen LogP contribution in [0.25, 0.3) is 0 Å². The second kappa shape index (κ2) is 5.79. The fourth-order valence-electron chi connectivity index (χ4n) is 0.380.